The van der Waals surface area contributed by atoms with Gasteiger partial charge in [-0.25, -0.2) is 0 Å². The molecule has 6 heteroatoms. The van der Waals surface area contributed by atoms with Crippen LogP contribution in [0.5, 0.6) is 0 Å². The maximum Gasteiger partial charge on any atom is 0.229 e. The van der Waals surface area contributed by atoms with Crippen LogP contribution in [-0.4, -0.2) is 33.8 Å². The predicted molar refractivity (Wildman–Crippen MR) is 127 cm³/mol. The first-order chi connectivity index (χ1) is 15.4. The lowest BCUT2D eigenvalue weighted by molar-refractivity contribution is -0.119. The van der Waals surface area contributed by atoms with Gasteiger partial charge in [-0.3, -0.25) is 4.79 Å². The average molecular weight is 436 g/mol. The molecule has 32 heavy (non-hydrogen) atoms. The van der Waals surface area contributed by atoms with Gasteiger partial charge in [-0.05, 0) is 69.4 Å². The molecule has 1 saturated heterocycles. The lowest BCUT2D eigenvalue weighted by atomic mass is 9.71. The number of carbonyl (C=O) groups is 1. The summed E-state index contributed by atoms with van der Waals surface area (Å²) in [5, 5.41) is 16.1. The molecule has 1 aromatic heterocycles. The van der Waals surface area contributed by atoms with Gasteiger partial charge >= 0.3 is 0 Å². The largest absolute Gasteiger partial charge is 0.326 e. The second kappa shape index (κ2) is 8.62. The third kappa shape index (κ3) is 4.21. The number of benzene rings is 1. The van der Waals surface area contributed by atoms with Crippen LogP contribution in [0.1, 0.15) is 86.6 Å². The van der Waals surface area contributed by atoms with E-state index in [1.807, 2.05) is 19.1 Å². The zero-order valence-corrected chi connectivity index (χ0v) is 19.9. The van der Waals surface area contributed by atoms with E-state index in [2.05, 4.69) is 42.0 Å². The van der Waals surface area contributed by atoms with Crippen LogP contribution in [0, 0.1) is 31.6 Å². The molecule has 3 fully saturated rings. The molecule has 2 N–H and O–H groups in total. The molecule has 2 aromatic rings. The first-order valence-electron chi connectivity index (χ1n) is 12.4. The minimum Gasteiger partial charge on any atom is -0.326 e. The van der Waals surface area contributed by atoms with Crippen molar-refractivity contribution in [3.8, 4) is 0 Å². The number of carbonyl (C=O) groups excluding carboxylic acids is 1. The van der Waals surface area contributed by atoms with E-state index in [-0.39, 0.29) is 17.7 Å². The summed E-state index contributed by atoms with van der Waals surface area (Å²) in [5.74, 6) is 4.38. The first-order valence-corrected chi connectivity index (χ1v) is 12.4. The highest BCUT2D eigenvalue weighted by atomic mass is 16.2. The molecule has 2 aliphatic carbocycles. The first kappa shape index (κ1) is 21.6. The molecular formula is C26H37N5O. The fourth-order valence-corrected chi connectivity index (χ4v) is 5.76. The van der Waals surface area contributed by atoms with Crippen LogP contribution in [0.25, 0.3) is 0 Å². The minimum absolute atomic E-state index is 0.0779. The van der Waals surface area contributed by atoms with Crippen LogP contribution in [0.3, 0.4) is 0 Å². The Morgan fingerprint density at radius 2 is 1.91 bits per heavy atom. The lowest BCUT2D eigenvalue weighted by Crippen LogP contribution is -2.30. The van der Waals surface area contributed by atoms with Crippen LogP contribution >= 0.6 is 0 Å². The van der Waals surface area contributed by atoms with Gasteiger partial charge in [-0.2, -0.15) is 0 Å². The Morgan fingerprint density at radius 3 is 2.59 bits per heavy atom. The van der Waals surface area contributed by atoms with E-state index in [1.54, 1.807) is 0 Å². The zero-order chi connectivity index (χ0) is 22.4. The van der Waals surface area contributed by atoms with E-state index >= 15 is 0 Å². The number of hydrogen-bond acceptors (Lipinski definition) is 4. The second-order valence-corrected chi connectivity index (χ2v) is 10.9. The third-order valence-electron chi connectivity index (χ3n) is 7.59. The molecule has 172 valence electrons. The summed E-state index contributed by atoms with van der Waals surface area (Å²) in [6.07, 6.45) is 6.21. The number of hydrogen-bond donors (Lipinski definition) is 2. The van der Waals surface area contributed by atoms with Gasteiger partial charge in [-0.1, -0.05) is 31.5 Å². The highest BCUT2D eigenvalue weighted by molar-refractivity contribution is 5.94. The molecule has 1 amide bonds. The lowest BCUT2D eigenvalue weighted by Gasteiger charge is -2.36. The molecule has 5 rings (SSSR count). The number of nitrogens with one attached hydrogen (secondary N) is 2. The number of amides is 1. The molecule has 0 unspecified atom stereocenters. The normalized spacial score (nSPS) is 27.5. The van der Waals surface area contributed by atoms with E-state index < -0.39 is 0 Å². The monoisotopic (exact) mass is 435 g/mol. The molecule has 6 nitrogen and oxygen atoms in total. The van der Waals surface area contributed by atoms with Crippen LogP contribution in [0.15, 0.2) is 18.2 Å². The number of anilines is 1. The quantitative estimate of drug-likeness (QED) is 0.661. The zero-order valence-electron chi connectivity index (χ0n) is 19.9. The fraction of sp³-hybridized carbons (Fsp3) is 0.654. The van der Waals surface area contributed by atoms with Crippen LogP contribution in [0.4, 0.5) is 5.69 Å². The molecule has 0 spiro atoms. The Bertz CT molecular complexity index is 986. The molecule has 2 atom stereocenters. The summed E-state index contributed by atoms with van der Waals surface area (Å²) in [4.78, 5) is 13.3. The second-order valence-electron chi connectivity index (χ2n) is 10.9. The van der Waals surface area contributed by atoms with Gasteiger partial charge in [0.25, 0.3) is 0 Å². The van der Waals surface area contributed by atoms with Crippen LogP contribution in [0.2, 0.25) is 0 Å². The van der Waals surface area contributed by atoms with E-state index in [0.717, 1.165) is 35.5 Å². The van der Waals surface area contributed by atoms with Crippen molar-refractivity contribution < 1.29 is 4.79 Å². The molecule has 2 heterocycles. The Morgan fingerprint density at radius 1 is 1.16 bits per heavy atom. The van der Waals surface area contributed by atoms with Gasteiger partial charge in [-0.15, -0.1) is 10.2 Å². The Balaban J connectivity index is 1.34. The highest BCUT2D eigenvalue weighted by Gasteiger charge is 2.43. The Kier molecular flexibility index (Phi) is 5.82. The maximum absolute atomic E-state index is 13.3. The average Bonchev–Trinajstić information content (AvgIpc) is 3.27. The number of aryl methyl sites for hydroxylation is 2. The van der Waals surface area contributed by atoms with Crippen molar-refractivity contribution in [2.75, 3.05) is 18.4 Å². The van der Waals surface area contributed by atoms with Gasteiger partial charge in [0, 0.05) is 36.7 Å². The number of rotatable bonds is 7. The molecule has 2 saturated carbocycles. The third-order valence-corrected chi connectivity index (χ3v) is 7.59. The van der Waals surface area contributed by atoms with Crippen LogP contribution in [-0.2, 0) is 4.79 Å². The SMILES string of the molecule is Cc1ccc(NC(=O)[C@H]2CNC[C@@H]2c2nnc(C3CC(CC(C)C)C3)n2C2CC2)c(C)c1. The topological polar surface area (TPSA) is 71.8 Å². The van der Waals surface area contributed by atoms with E-state index in [1.165, 1.54) is 43.5 Å². The van der Waals surface area contributed by atoms with Gasteiger partial charge < -0.3 is 15.2 Å². The minimum atomic E-state index is -0.125. The summed E-state index contributed by atoms with van der Waals surface area (Å²) < 4.78 is 2.44. The summed E-state index contributed by atoms with van der Waals surface area (Å²) in [7, 11) is 0. The summed E-state index contributed by atoms with van der Waals surface area (Å²) in [6.45, 7) is 10.2. The number of nitrogens with zero attached hydrogens (tertiary/aromatic N) is 3. The molecule has 1 aromatic carbocycles. The van der Waals surface area contributed by atoms with Crippen molar-refractivity contribution in [3.05, 3.63) is 41.0 Å². The standard InChI is InChI=1S/C26H37N5O/c1-15(2)9-18-11-19(12-18)24-29-30-25(31(24)20-6-7-20)21-13-27-14-22(21)26(32)28-23-8-5-16(3)10-17(23)4/h5,8,10,15,18-22,27H,6-7,9,11-14H2,1-4H3,(H,28,32)/t18?,19?,21-,22-/m0/s1. The van der Waals surface area contributed by atoms with E-state index in [4.69, 9.17) is 10.2 Å². The highest BCUT2D eigenvalue weighted by Crippen LogP contribution is 2.48. The summed E-state index contributed by atoms with van der Waals surface area (Å²) >= 11 is 0. The summed E-state index contributed by atoms with van der Waals surface area (Å²) in [6, 6.07) is 6.70. The smallest absolute Gasteiger partial charge is 0.229 e. The Hall–Kier alpha value is -2.21. The van der Waals surface area contributed by atoms with Gasteiger partial charge in [0.1, 0.15) is 11.6 Å². The van der Waals surface area contributed by atoms with Gasteiger partial charge in [0.15, 0.2) is 0 Å². The maximum atomic E-state index is 13.3. The van der Waals surface area contributed by atoms with Gasteiger partial charge in [0.2, 0.25) is 5.91 Å². The Labute approximate surface area is 191 Å². The van der Waals surface area contributed by atoms with E-state index in [9.17, 15) is 4.79 Å². The molecule has 0 bridgehead atoms. The molecule has 1 aliphatic heterocycles. The fourth-order valence-electron chi connectivity index (χ4n) is 5.76. The van der Waals surface area contributed by atoms with Crippen molar-refractivity contribution in [3.63, 3.8) is 0 Å². The molecular weight excluding hydrogens is 398 g/mol. The summed E-state index contributed by atoms with van der Waals surface area (Å²) in [5.41, 5.74) is 3.21. The van der Waals surface area contributed by atoms with Crippen LogP contribution < -0.4 is 10.6 Å². The van der Waals surface area contributed by atoms with E-state index in [0.29, 0.717) is 18.5 Å². The van der Waals surface area contributed by atoms with Crippen molar-refractivity contribution in [2.45, 2.75) is 77.7 Å². The van der Waals surface area contributed by atoms with Crippen molar-refractivity contribution in [2.24, 2.45) is 17.8 Å². The van der Waals surface area contributed by atoms with Crippen molar-refractivity contribution in [1.29, 1.82) is 0 Å². The van der Waals surface area contributed by atoms with Gasteiger partial charge in [0.05, 0.1) is 5.92 Å². The molecule has 3 aliphatic rings. The molecule has 0 radical (unpaired) electrons. The van der Waals surface area contributed by atoms with Crippen molar-refractivity contribution >= 4 is 11.6 Å². The van der Waals surface area contributed by atoms with Crippen molar-refractivity contribution in [1.82, 2.24) is 20.1 Å². The number of aromatic nitrogens is 3. The predicted octanol–water partition coefficient (Wildman–Crippen LogP) is 4.71.